The molecule has 2 unspecified atom stereocenters. The topological polar surface area (TPSA) is 12.0 Å². The van der Waals surface area contributed by atoms with Crippen LogP contribution in [0, 0.1) is 0 Å². The van der Waals surface area contributed by atoms with Crippen LogP contribution in [0.5, 0.6) is 0 Å². The van der Waals surface area contributed by atoms with Crippen LogP contribution in [-0.2, 0) is 6.42 Å². The molecular formula is C13H20BrNS2. The Balaban J connectivity index is 1.94. The summed E-state index contributed by atoms with van der Waals surface area (Å²) in [6.07, 6.45) is 5.20. The maximum absolute atomic E-state index is 3.74. The van der Waals surface area contributed by atoms with Gasteiger partial charge in [-0.2, -0.15) is 11.8 Å². The third-order valence-electron chi connectivity index (χ3n) is 3.11. The second kappa shape index (κ2) is 7.17. The normalized spacial score (nSPS) is 21.9. The number of halogens is 1. The van der Waals surface area contributed by atoms with Crippen molar-refractivity contribution in [2.24, 2.45) is 0 Å². The lowest BCUT2D eigenvalue weighted by Gasteiger charge is -2.23. The van der Waals surface area contributed by atoms with Gasteiger partial charge < -0.3 is 5.32 Å². The van der Waals surface area contributed by atoms with Crippen LogP contribution in [0.2, 0.25) is 0 Å². The summed E-state index contributed by atoms with van der Waals surface area (Å²) in [5.41, 5.74) is 0. The van der Waals surface area contributed by atoms with Gasteiger partial charge in [-0.05, 0) is 60.0 Å². The minimum atomic E-state index is 0.660. The van der Waals surface area contributed by atoms with E-state index in [9.17, 15) is 0 Å². The van der Waals surface area contributed by atoms with Crippen LogP contribution in [-0.4, -0.2) is 23.6 Å². The third kappa shape index (κ3) is 4.27. The van der Waals surface area contributed by atoms with Gasteiger partial charge >= 0.3 is 0 Å². The molecule has 1 N–H and O–H groups in total. The smallest absolute Gasteiger partial charge is 0.0285 e. The van der Waals surface area contributed by atoms with E-state index in [0.717, 1.165) is 11.8 Å². The molecule has 4 heteroatoms. The predicted octanol–water partition coefficient (Wildman–Crippen LogP) is 4.32. The first-order valence-electron chi connectivity index (χ1n) is 6.37. The first-order valence-corrected chi connectivity index (χ1v) is 9.09. The summed E-state index contributed by atoms with van der Waals surface area (Å²) >= 11 is 7.57. The zero-order chi connectivity index (χ0) is 12.1. The van der Waals surface area contributed by atoms with E-state index < -0.39 is 0 Å². The van der Waals surface area contributed by atoms with E-state index >= 15 is 0 Å². The number of hydrogen-bond donors (Lipinski definition) is 1. The number of nitrogens with one attached hydrogen (secondary N) is 1. The highest BCUT2D eigenvalue weighted by Gasteiger charge is 2.25. The monoisotopic (exact) mass is 333 g/mol. The summed E-state index contributed by atoms with van der Waals surface area (Å²) in [6, 6.07) is 2.93. The van der Waals surface area contributed by atoms with Gasteiger partial charge in [0.15, 0.2) is 0 Å². The summed E-state index contributed by atoms with van der Waals surface area (Å²) in [7, 11) is 0. The van der Waals surface area contributed by atoms with Gasteiger partial charge in [-0.3, -0.25) is 0 Å². The summed E-state index contributed by atoms with van der Waals surface area (Å²) in [6.45, 7) is 3.39. The van der Waals surface area contributed by atoms with Crippen molar-refractivity contribution in [1.82, 2.24) is 5.32 Å². The SMILES string of the molecule is CCCNC(Cc1cc(Br)cs1)C1CCCS1. The zero-order valence-corrected chi connectivity index (χ0v) is 13.5. The summed E-state index contributed by atoms with van der Waals surface area (Å²) < 4.78 is 1.23. The van der Waals surface area contributed by atoms with E-state index in [1.54, 1.807) is 0 Å². The molecule has 0 saturated carbocycles. The molecule has 2 atom stereocenters. The number of rotatable bonds is 6. The molecule has 1 aliphatic heterocycles. The van der Waals surface area contributed by atoms with Crippen LogP contribution in [0.3, 0.4) is 0 Å². The van der Waals surface area contributed by atoms with Crippen molar-refractivity contribution < 1.29 is 0 Å². The van der Waals surface area contributed by atoms with Crippen LogP contribution in [0.1, 0.15) is 31.1 Å². The van der Waals surface area contributed by atoms with Gasteiger partial charge in [0.1, 0.15) is 0 Å². The van der Waals surface area contributed by atoms with E-state index in [1.165, 1.54) is 40.8 Å². The molecule has 1 fully saturated rings. The Labute approximate surface area is 121 Å². The van der Waals surface area contributed by atoms with Gasteiger partial charge in [-0.25, -0.2) is 0 Å². The van der Waals surface area contributed by atoms with E-state index in [2.05, 4.69) is 51.4 Å². The van der Waals surface area contributed by atoms with Crippen molar-refractivity contribution in [3.8, 4) is 0 Å². The van der Waals surface area contributed by atoms with Crippen molar-refractivity contribution in [1.29, 1.82) is 0 Å². The fraction of sp³-hybridized carbons (Fsp3) is 0.692. The van der Waals surface area contributed by atoms with Gasteiger partial charge in [-0.15, -0.1) is 11.3 Å². The lowest BCUT2D eigenvalue weighted by Crippen LogP contribution is -2.39. The summed E-state index contributed by atoms with van der Waals surface area (Å²) in [4.78, 5) is 1.50. The van der Waals surface area contributed by atoms with E-state index in [1.807, 2.05) is 11.3 Å². The average Bonchev–Trinajstić information content (AvgIpc) is 2.95. The van der Waals surface area contributed by atoms with Crippen LogP contribution in [0.25, 0.3) is 0 Å². The molecule has 0 radical (unpaired) electrons. The maximum atomic E-state index is 3.74. The van der Waals surface area contributed by atoms with Gasteiger partial charge in [0, 0.05) is 26.0 Å². The Morgan fingerprint density at radius 2 is 2.47 bits per heavy atom. The van der Waals surface area contributed by atoms with Gasteiger partial charge in [0.05, 0.1) is 0 Å². The Kier molecular flexibility index (Phi) is 5.87. The lowest BCUT2D eigenvalue weighted by atomic mass is 10.1. The van der Waals surface area contributed by atoms with Gasteiger partial charge in [-0.1, -0.05) is 6.92 Å². The standard InChI is InChI=1S/C13H20BrNS2/c1-2-5-15-12(13-4-3-6-16-13)8-11-7-10(14)9-17-11/h7,9,12-13,15H,2-6,8H2,1H3. The molecule has 2 heterocycles. The molecule has 1 aliphatic rings. The van der Waals surface area contributed by atoms with E-state index in [4.69, 9.17) is 0 Å². The Bertz CT molecular complexity index is 334. The second-order valence-electron chi connectivity index (χ2n) is 4.55. The first kappa shape index (κ1) is 13.9. The van der Waals surface area contributed by atoms with Crippen LogP contribution >= 0.6 is 39.0 Å². The minimum absolute atomic E-state index is 0.660. The lowest BCUT2D eigenvalue weighted by molar-refractivity contribution is 0.484. The Morgan fingerprint density at radius 1 is 1.59 bits per heavy atom. The molecule has 1 aromatic rings. The van der Waals surface area contributed by atoms with E-state index in [-0.39, 0.29) is 0 Å². The molecule has 0 bridgehead atoms. The molecule has 17 heavy (non-hydrogen) atoms. The minimum Gasteiger partial charge on any atom is -0.313 e. The molecule has 2 rings (SSSR count). The highest BCUT2D eigenvalue weighted by Crippen LogP contribution is 2.31. The molecule has 1 aromatic heterocycles. The highest BCUT2D eigenvalue weighted by molar-refractivity contribution is 9.10. The molecule has 0 spiro atoms. The molecule has 0 aromatic carbocycles. The molecule has 1 saturated heterocycles. The number of thioether (sulfide) groups is 1. The maximum Gasteiger partial charge on any atom is 0.0285 e. The number of hydrogen-bond acceptors (Lipinski definition) is 3. The second-order valence-corrected chi connectivity index (χ2v) is 7.81. The Morgan fingerprint density at radius 3 is 3.06 bits per heavy atom. The van der Waals surface area contributed by atoms with Crippen molar-refractivity contribution in [3.63, 3.8) is 0 Å². The molecule has 96 valence electrons. The van der Waals surface area contributed by atoms with Crippen LogP contribution in [0.4, 0.5) is 0 Å². The molecule has 0 amide bonds. The highest BCUT2D eigenvalue weighted by atomic mass is 79.9. The fourth-order valence-corrected chi connectivity index (χ4v) is 5.17. The van der Waals surface area contributed by atoms with Gasteiger partial charge in [0.2, 0.25) is 0 Å². The zero-order valence-electron chi connectivity index (χ0n) is 10.2. The van der Waals surface area contributed by atoms with Gasteiger partial charge in [0.25, 0.3) is 0 Å². The fourth-order valence-electron chi connectivity index (χ4n) is 2.26. The largest absolute Gasteiger partial charge is 0.313 e. The quantitative estimate of drug-likeness (QED) is 0.832. The van der Waals surface area contributed by atoms with Crippen molar-refractivity contribution in [2.75, 3.05) is 12.3 Å². The summed E-state index contributed by atoms with van der Waals surface area (Å²) in [5.74, 6) is 1.35. The van der Waals surface area contributed by atoms with Crippen molar-refractivity contribution in [2.45, 2.75) is 43.9 Å². The Hall–Kier alpha value is 0.490. The van der Waals surface area contributed by atoms with Crippen molar-refractivity contribution in [3.05, 3.63) is 20.8 Å². The van der Waals surface area contributed by atoms with Crippen LogP contribution in [0.15, 0.2) is 15.9 Å². The predicted molar refractivity (Wildman–Crippen MR) is 83.3 cm³/mol. The van der Waals surface area contributed by atoms with Crippen LogP contribution < -0.4 is 5.32 Å². The summed E-state index contributed by atoms with van der Waals surface area (Å²) in [5, 5.41) is 6.75. The average molecular weight is 334 g/mol. The third-order valence-corrected chi connectivity index (χ3v) is 6.35. The van der Waals surface area contributed by atoms with Crippen molar-refractivity contribution >= 4 is 39.0 Å². The van der Waals surface area contributed by atoms with E-state index in [0.29, 0.717) is 6.04 Å². The molecular weight excluding hydrogens is 314 g/mol. The molecule has 0 aliphatic carbocycles. The number of thiophene rings is 1. The first-order chi connectivity index (χ1) is 8.29. The molecule has 1 nitrogen and oxygen atoms in total.